The summed E-state index contributed by atoms with van der Waals surface area (Å²) in [5.74, 6) is -0.677. The number of fused-ring (bicyclic) bond motifs is 3. The van der Waals surface area contributed by atoms with Crippen molar-refractivity contribution in [1.29, 1.82) is 0 Å². The molecule has 5 rings (SSSR count). The first-order chi connectivity index (χ1) is 18.1. The Labute approximate surface area is 217 Å². The van der Waals surface area contributed by atoms with Crippen molar-refractivity contribution in [2.24, 2.45) is 5.41 Å². The average molecular weight is 526 g/mol. The van der Waals surface area contributed by atoms with E-state index in [0.717, 1.165) is 46.5 Å². The van der Waals surface area contributed by atoms with E-state index in [-0.39, 0.29) is 18.2 Å². The zero-order valence-corrected chi connectivity index (χ0v) is 20.6. The van der Waals surface area contributed by atoms with Crippen LogP contribution in [-0.4, -0.2) is 54.7 Å². The number of nitrogens with zero attached hydrogens (tertiary/aromatic N) is 2. The number of aliphatic hydroxyl groups excluding tert-OH is 1. The highest BCUT2D eigenvalue weighted by atomic mass is 19.4. The standard InChI is InChI=1S/C28H26F3N3O4/c1-17-2-5-21(33-26(37)19-6-7-32-24(11-19)28(29,30)31)12-22(17)18-3-4-20-13-27(15-35,16-36)25-14-38-9-8-34(25)23(20)10-18/h2-7,10-12,15,25,36H,8-9,13-14,16H2,1H3,(H,33,37). The van der Waals surface area contributed by atoms with Crippen LogP contribution in [0.2, 0.25) is 0 Å². The second-order valence-electron chi connectivity index (χ2n) is 9.72. The highest BCUT2D eigenvalue weighted by Crippen LogP contribution is 2.43. The normalized spacial score (nSPS) is 20.9. The Morgan fingerprint density at radius 3 is 2.79 bits per heavy atom. The third kappa shape index (κ3) is 4.65. The molecule has 38 heavy (non-hydrogen) atoms. The van der Waals surface area contributed by atoms with E-state index in [0.29, 0.717) is 31.9 Å². The van der Waals surface area contributed by atoms with E-state index < -0.39 is 23.2 Å². The number of ether oxygens (including phenoxy) is 1. The summed E-state index contributed by atoms with van der Waals surface area (Å²) in [6, 6.07) is 12.9. The van der Waals surface area contributed by atoms with Crippen molar-refractivity contribution in [3.8, 4) is 11.1 Å². The molecule has 0 spiro atoms. The average Bonchev–Trinajstić information content (AvgIpc) is 2.93. The number of alkyl halides is 3. The second kappa shape index (κ2) is 9.85. The van der Waals surface area contributed by atoms with E-state index in [2.05, 4.69) is 15.2 Å². The molecule has 7 nitrogen and oxygen atoms in total. The zero-order chi connectivity index (χ0) is 27.1. The number of nitrogens with one attached hydrogen (secondary N) is 1. The summed E-state index contributed by atoms with van der Waals surface area (Å²) >= 11 is 0. The quantitative estimate of drug-likeness (QED) is 0.484. The number of benzene rings is 2. The Hall–Kier alpha value is -3.76. The van der Waals surface area contributed by atoms with E-state index in [9.17, 15) is 27.9 Å². The molecular weight excluding hydrogens is 499 g/mol. The van der Waals surface area contributed by atoms with Crippen LogP contribution in [0.3, 0.4) is 0 Å². The number of morpholine rings is 1. The molecule has 1 saturated heterocycles. The monoisotopic (exact) mass is 525 g/mol. The first-order valence-corrected chi connectivity index (χ1v) is 12.2. The molecule has 0 aliphatic carbocycles. The lowest BCUT2D eigenvalue weighted by Gasteiger charge is -2.50. The molecule has 2 unspecified atom stereocenters. The summed E-state index contributed by atoms with van der Waals surface area (Å²) in [5, 5.41) is 12.8. The maximum Gasteiger partial charge on any atom is 0.433 e. The molecule has 10 heteroatoms. The maximum atomic E-state index is 13.0. The molecule has 2 atom stereocenters. The maximum absolute atomic E-state index is 13.0. The molecule has 1 aromatic heterocycles. The molecule has 0 saturated carbocycles. The van der Waals surface area contributed by atoms with E-state index in [1.54, 1.807) is 12.1 Å². The van der Waals surface area contributed by atoms with Crippen LogP contribution >= 0.6 is 0 Å². The Morgan fingerprint density at radius 1 is 1.24 bits per heavy atom. The topological polar surface area (TPSA) is 91.8 Å². The summed E-state index contributed by atoms with van der Waals surface area (Å²) in [6.45, 7) is 3.09. The van der Waals surface area contributed by atoms with Crippen molar-refractivity contribution >= 4 is 23.6 Å². The van der Waals surface area contributed by atoms with Gasteiger partial charge >= 0.3 is 6.18 Å². The van der Waals surface area contributed by atoms with Crippen molar-refractivity contribution in [2.45, 2.75) is 25.6 Å². The lowest BCUT2D eigenvalue weighted by Crippen LogP contribution is -2.60. The number of aldehydes is 1. The lowest BCUT2D eigenvalue weighted by molar-refractivity contribution is -0.141. The largest absolute Gasteiger partial charge is 0.433 e. The number of aliphatic hydroxyl groups is 1. The van der Waals surface area contributed by atoms with Gasteiger partial charge in [0.25, 0.3) is 5.91 Å². The second-order valence-corrected chi connectivity index (χ2v) is 9.72. The molecule has 198 valence electrons. The fourth-order valence-corrected chi connectivity index (χ4v) is 5.25. The van der Waals surface area contributed by atoms with Crippen molar-refractivity contribution in [3.63, 3.8) is 0 Å². The van der Waals surface area contributed by atoms with Crippen LogP contribution in [0, 0.1) is 12.3 Å². The number of anilines is 2. The first kappa shape index (κ1) is 25.9. The third-order valence-corrected chi connectivity index (χ3v) is 7.35. The Morgan fingerprint density at radius 2 is 2.05 bits per heavy atom. The highest BCUT2D eigenvalue weighted by molar-refractivity contribution is 6.04. The summed E-state index contributed by atoms with van der Waals surface area (Å²) in [7, 11) is 0. The Bertz CT molecular complexity index is 1390. The number of carbonyl (C=O) groups is 2. The van der Waals surface area contributed by atoms with Crippen LogP contribution in [0.5, 0.6) is 0 Å². The number of carbonyl (C=O) groups excluding carboxylic acids is 2. The van der Waals surface area contributed by atoms with Gasteiger partial charge in [-0.3, -0.25) is 9.78 Å². The van der Waals surface area contributed by atoms with Gasteiger partial charge < -0.3 is 24.9 Å². The number of amides is 1. The highest BCUT2D eigenvalue weighted by Gasteiger charge is 2.47. The minimum absolute atomic E-state index is 0.149. The first-order valence-electron chi connectivity index (χ1n) is 12.2. The smallest absolute Gasteiger partial charge is 0.395 e. The van der Waals surface area contributed by atoms with Crippen LogP contribution < -0.4 is 10.2 Å². The molecule has 2 N–H and O–H groups in total. The fraction of sp³-hybridized carbons (Fsp3) is 0.321. The van der Waals surface area contributed by atoms with Crippen molar-refractivity contribution in [1.82, 2.24) is 4.98 Å². The molecule has 2 aliphatic heterocycles. The molecule has 1 amide bonds. The Kier molecular flexibility index (Phi) is 6.70. The number of aryl methyl sites for hydroxylation is 1. The van der Waals surface area contributed by atoms with Gasteiger partial charge in [-0.1, -0.05) is 18.2 Å². The number of pyridine rings is 1. The van der Waals surface area contributed by atoms with Crippen LogP contribution in [0.1, 0.15) is 27.2 Å². The van der Waals surface area contributed by atoms with Crippen LogP contribution in [0.25, 0.3) is 11.1 Å². The summed E-state index contributed by atoms with van der Waals surface area (Å²) in [5.41, 5.74) is 2.80. The summed E-state index contributed by atoms with van der Waals surface area (Å²) in [6.07, 6.45) is -2.46. The van der Waals surface area contributed by atoms with Gasteiger partial charge in [0.05, 0.1) is 31.3 Å². The van der Waals surface area contributed by atoms with Gasteiger partial charge in [-0.25, -0.2) is 0 Å². The minimum Gasteiger partial charge on any atom is -0.395 e. The number of aromatic nitrogens is 1. The molecular formula is C28H26F3N3O4. The van der Waals surface area contributed by atoms with Gasteiger partial charge in [0.15, 0.2) is 0 Å². The van der Waals surface area contributed by atoms with Gasteiger partial charge in [-0.05, 0) is 65.9 Å². The fourth-order valence-electron chi connectivity index (χ4n) is 5.25. The van der Waals surface area contributed by atoms with Crippen molar-refractivity contribution in [3.05, 3.63) is 77.1 Å². The molecule has 1 fully saturated rings. The molecule has 2 aromatic carbocycles. The molecule has 3 aromatic rings. The van der Waals surface area contributed by atoms with E-state index in [1.165, 1.54) is 6.07 Å². The van der Waals surface area contributed by atoms with Crippen LogP contribution in [-0.2, 0) is 22.1 Å². The zero-order valence-electron chi connectivity index (χ0n) is 20.6. The van der Waals surface area contributed by atoms with E-state index in [4.69, 9.17) is 4.74 Å². The minimum atomic E-state index is -4.65. The molecule has 0 radical (unpaired) electrons. The van der Waals surface area contributed by atoms with Crippen molar-refractivity contribution in [2.75, 3.05) is 36.6 Å². The Balaban J connectivity index is 1.46. The van der Waals surface area contributed by atoms with Gasteiger partial charge in [-0.15, -0.1) is 0 Å². The number of hydrogen-bond acceptors (Lipinski definition) is 6. The molecule has 0 bridgehead atoms. The van der Waals surface area contributed by atoms with E-state index >= 15 is 0 Å². The third-order valence-electron chi connectivity index (χ3n) is 7.35. The van der Waals surface area contributed by atoms with Gasteiger partial charge in [0, 0.05) is 29.7 Å². The van der Waals surface area contributed by atoms with E-state index in [1.807, 2.05) is 31.2 Å². The van der Waals surface area contributed by atoms with Gasteiger partial charge in [0.2, 0.25) is 0 Å². The number of hydrogen-bond donors (Lipinski definition) is 2. The number of halogens is 3. The molecule has 3 heterocycles. The SMILES string of the molecule is Cc1ccc(NC(=O)c2ccnc(C(F)(F)F)c2)cc1-c1ccc2c(c1)N1CCOCC1C(C=O)(CO)C2. The number of rotatable bonds is 5. The van der Waals surface area contributed by atoms with Gasteiger partial charge in [0.1, 0.15) is 12.0 Å². The van der Waals surface area contributed by atoms with Crippen LogP contribution in [0.15, 0.2) is 54.7 Å². The predicted octanol–water partition coefficient (Wildman–Crippen LogP) is 4.27. The predicted molar refractivity (Wildman–Crippen MR) is 135 cm³/mol. The molecule has 2 aliphatic rings. The lowest BCUT2D eigenvalue weighted by atomic mass is 9.72. The van der Waals surface area contributed by atoms with Crippen molar-refractivity contribution < 1.29 is 32.6 Å². The van der Waals surface area contributed by atoms with Crippen LogP contribution in [0.4, 0.5) is 24.5 Å². The summed E-state index contributed by atoms with van der Waals surface area (Å²) < 4.78 is 44.7. The summed E-state index contributed by atoms with van der Waals surface area (Å²) in [4.78, 5) is 30.2. The van der Waals surface area contributed by atoms with Gasteiger partial charge in [-0.2, -0.15) is 13.2 Å².